The maximum atomic E-state index is 11.7. The van der Waals surface area contributed by atoms with Crippen molar-refractivity contribution in [3.63, 3.8) is 0 Å². The van der Waals surface area contributed by atoms with E-state index in [1.165, 1.54) is 0 Å². The molecule has 3 heteroatoms. The summed E-state index contributed by atoms with van der Waals surface area (Å²) >= 11 is 0. The average Bonchev–Trinajstić information content (AvgIpc) is 2.26. The molecule has 0 unspecified atom stereocenters. The number of hydrogen-bond acceptors (Lipinski definition) is 3. The molecule has 1 rings (SSSR count). The quantitative estimate of drug-likeness (QED) is 0.595. The molecule has 0 fully saturated rings. The summed E-state index contributed by atoms with van der Waals surface area (Å²) in [5.41, 5.74) is 0.585. The molecule has 0 atom stereocenters. The number of rotatable bonds is 3. The van der Waals surface area contributed by atoms with E-state index >= 15 is 0 Å². The van der Waals surface area contributed by atoms with Gasteiger partial charge in [-0.25, -0.2) is 4.79 Å². The lowest BCUT2D eigenvalue weighted by Crippen LogP contribution is -2.23. The van der Waals surface area contributed by atoms with Crippen LogP contribution in [0.25, 0.3) is 0 Å². The van der Waals surface area contributed by atoms with Crippen molar-refractivity contribution in [1.82, 2.24) is 0 Å². The summed E-state index contributed by atoms with van der Waals surface area (Å²) in [5, 5.41) is 0. The van der Waals surface area contributed by atoms with Crippen LogP contribution in [0.4, 0.5) is 0 Å². The Labute approximate surface area is 102 Å². The minimum atomic E-state index is -0.505. The maximum Gasteiger partial charge on any atom is 0.338 e. The minimum absolute atomic E-state index is 0.0701. The van der Waals surface area contributed by atoms with Crippen LogP contribution in [0.2, 0.25) is 0 Å². The molecule has 0 spiro atoms. The highest BCUT2D eigenvalue weighted by Gasteiger charge is 2.17. The lowest BCUT2D eigenvalue weighted by atomic mass is 10.1. The molecule has 0 heterocycles. The molecular weight excluding hydrogens is 216 g/mol. The van der Waals surface area contributed by atoms with Gasteiger partial charge in [-0.15, -0.1) is 0 Å². The van der Waals surface area contributed by atoms with Crippen molar-refractivity contribution in [3.05, 3.63) is 35.4 Å². The van der Waals surface area contributed by atoms with Gasteiger partial charge in [-0.3, -0.25) is 4.79 Å². The number of Topliss-reactive ketones (excluding diaryl/α,β-unsaturated/α-hetero) is 1. The molecule has 0 aliphatic heterocycles. The van der Waals surface area contributed by atoms with Crippen molar-refractivity contribution in [1.29, 1.82) is 0 Å². The van der Waals surface area contributed by atoms with Crippen LogP contribution in [0.15, 0.2) is 24.3 Å². The van der Waals surface area contributed by atoms with Gasteiger partial charge in [0.2, 0.25) is 0 Å². The normalized spacial score (nSPS) is 11.1. The van der Waals surface area contributed by atoms with Crippen molar-refractivity contribution in [3.8, 4) is 0 Å². The Morgan fingerprint density at radius 1 is 1.06 bits per heavy atom. The predicted molar refractivity (Wildman–Crippen MR) is 66.2 cm³/mol. The summed E-state index contributed by atoms with van der Waals surface area (Å²) in [6.07, 6.45) is 0.464. The highest BCUT2D eigenvalue weighted by atomic mass is 16.6. The summed E-state index contributed by atoms with van der Waals surface area (Å²) < 4.78 is 5.23. The van der Waals surface area contributed by atoms with Crippen LogP contribution in [0.3, 0.4) is 0 Å². The van der Waals surface area contributed by atoms with Gasteiger partial charge < -0.3 is 4.74 Å². The summed E-state index contributed by atoms with van der Waals surface area (Å²) in [5.74, 6) is -0.297. The molecule has 0 bridgehead atoms. The first-order valence-corrected chi connectivity index (χ1v) is 5.70. The molecule has 1 aromatic rings. The topological polar surface area (TPSA) is 43.4 Å². The van der Waals surface area contributed by atoms with Gasteiger partial charge in [0.1, 0.15) is 5.60 Å². The van der Waals surface area contributed by atoms with Gasteiger partial charge in [-0.05, 0) is 32.9 Å². The second-order valence-electron chi connectivity index (χ2n) is 4.86. The van der Waals surface area contributed by atoms with Crippen LogP contribution < -0.4 is 0 Å². The zero-order valence-electron chi connectivity index (χ0n) is 10.7. The van der Waals surface area contributed by atoms with Gasteiger partial charge >= 0.3 is 5.97 Å². The van der Waals surface area contributed by atoms with Crippen molar-refractivity contribution >= 4 is 11.8 Å². The highest BCUT2D eigenvalue weighted by Crippen LogP contribution is 2.13. The zero-order chi connectivity index (χ0) is 13.1. The van der Waals surface area contributed by atoms with Crippen molar-refractivity contribution in [2.75, 3.05) is 0 Å². The molecule has 0 amide bonds. The average molecular weight is 234 g/mol. The number of hydrogen-bond donors (Lipinski definition) is 0. The molecule has 0 saturated heterocycles. The molecule has 0 aliphatic carbocycles. The largest absolute Gasteiger partial charge is 0.456 e. The standard InChI is InChI=1S/C14H18O3/c1-5-12(15)10-6-8-11(9-7-10)13(16)17-14(2,3)4/h6-9H,5H2,1-4H3. The van der Waals surface area contributed by atoms with Crippen molar-refractivity contribution < 1.29 is 14.3 Å². The first-order valence-electron chi connectivity index (χ1n) is 5.70. The molecule has 0 N–H and O–H groups in total. The monoisotopic (exact) mass is 234 g/mol. The lowest BCUT2D eigenvalue weighted by molar-refractivity contribution is 0.00693. The van der Waals surface area contributed by atoms with Crippen LogP contribution in [-0.4, -0.2) is 17.4 Å². The summed E-state index contributed by atoms with van der Waals surface area (Å²) in [6, 6.07) is 6.56. The molecular formula is C14H18O3. The fourth-order valence-corrected chi connectivity index (χ4v) is 1.33. The molecule has 92 valence electrons. The van der Waals surface area contributed by atoms with Gasteiger partial charge in [-0.1, -0.05) is 19.1 Å². The Kier molecular flexibility index (Phi) is 4.05. The lowest BCUT2D eigenvalue weighted by Gasteiger charge is -2.19. The fourth-order valence-electron chi connectivity index (χ4n) is 1.33. The number of ketones is 1. The van der Waals surface area contributed by atoms with Gasteiger partial charge in [0.25, 0.3) is 0 Å². The molecule has 0 radical (unpaired) electrons. The fraction of sp³-hybridized carbons (Fsp3) is 0.429. The number of benzene rings is 1. The molecule has 0 aromatic heterocycles. The van der Waals surface area contributed by atoms with Crippen LogP contribution in [-0.2, 0) is 4.74 Å². The van der Waals surface area contributed by atoms with Gasteiger partial charge in [0.15, 0.2) is 5.78 Å². The van der Waals surface area contributed by atoms with E-state index in [-0.39, 0.29) is 11.8 Å². The summed E-state index contributed by atoms with van der Waals surface area (Å²) in [7, 11) is 0. The van der Waals surface area contributed by atoms with Gasteiger partial charge in [0.05, 0.1) is 5.56 Å². The Balaban J connectivity index is 2.81. The van der Waals surface area contributed by atoms with E-state index in [9.17, 15) is 9.59 Å². The Morgan fingerprint density at radius 2 is 1.53 bits per heavy atom. The minimum Gasteiger partial charge on any atom is -0.456 e. The molecule has 0 aliphatic rings. The third-order valence-electron chi connectivity index (χ3n) is 2.16. The van der Waals surface area contributed by atoms with E-state index in [0.717, 1.165) is 0 Å². The van der Waals surface area contributed by atoms with E-state index in [1.54, 1.807) is 24.3 Å². The van der Waals surface area contributed by atoms with Gasteiger partial charge in [-0.2, -0.15) is 0 Å². The third-order valence-corrected chi connectivity index (χ3v) is 2.16. The predicted octanol–water partition coefficient (Wildman–Crippen LogP) is 3.23. The highest BCUT2D eigenvalue weighted by molar-refractivity contribution is 5.97. The van der Waals surface area contributed by atoms with Crippen LogP contribution in [0, 0.1) is 0 Å². The van der Waals surface area contributed by atoms with Gasteiger partial charge in [0, 0.05) is 12.0 Å². The van der Waals surface area contributed by atoms with Crippen molar-refractivity contribution in [2.24, 2.45) is 0 Å². The second kappa shape index (κ2) is 5.13. The number of ether oxygens (including phenoxy) is 1. The first-order chi connectivity index (χ1) is 7.83. The number of esters is 1. The van der Waals surface area contributed by atoms with Crippen LogP contribution in [0.1, 0.15) is 54.8 Å². The van der Waals surface area contributed by atoms with E-state index in [4.69, 9.17) is 4.74 Å². The smallest absolute Gasteiger partial charge is 0.338 e. The van der Waals surface area contributed by atoms with E-state index in [1.807, 2.05) is 27.7 Å². The molecule has 0 saturated carbocycles. The van der Waals surface area contributed by atoms with E-state index in [2.05, 4.69) is 0 Å². The van der Waals surface area contributed by atoms with Crippen LogP contribution >= 0.6 is 0 Å². The zero-order valence-corrected chi connectivity index (χ0v) is 10.7. The molecule has 3 nitrogen and oxygen atoms in total. The molecule has 1 aromatic carbocycles. The van der Waals surface area contributed by atoms with Crippen molar-refractivity contribution in [2.45, 2.75) is 39.7 Å². The summed E-state index contributed by atoms with van der Waals surface area (Å²) in [6.45, 7) is 7.27. The third kappa shape index (κ3) is 4.02. The summed E-state index contributed by atoms with van der Waals surface area (Å²) in [4.78, 5) is 23.1. The molecule has 17 heavy (non-hydrogen) atoms. The van der Waals surface area contributed by atoms with E-state index < -0.39 is 5.60 Å². The Morgan fingerprint density at radius 3 is 1.94 bits per heavy atom. The van der Waals surface area contributed by atoms with E-state index in [0.29, 0.717) is 17.5 Å². The Hall–Kier alpha value is -1.64. The maximum absolute atomic E-state index is 11.7. The SMILES string of the molecule is CCC(=O)c1ccc(C(=O)OC(C)(C)C)cc1. The van der Waals surface area contributed by atoms with Crippen LogP contribution in [0.5, 0.6) is 0 Å². The Bertz CT molecular complexity index is 410. The number of carbonyl (C=O) groups excluding carboxylic acids is 2. The first kappa shape index (κ1) is 13.4. The number of carbonyl (C=O) groups is 2. The second-order valence-corrected chi connectivity index (χ2v) is 4.86.